The van der Waals surface area contributed by atoms with Gasteiger partial charge in [0.1, 0.15) is 0 Å². The predicted octanol–water partition coefficient (Wildman–Crippen LogP) is 3.02. The molecule has 0 heterocycles. The van der Waals surface area contributed by atoms with Crippen LogP contribution in [0.4, 0.5) is 30.7 Å². The average molecular weight is 210 g/mol. The second-order valence-electron chi connectivity index (χ2n) is 3.23. The van der Waals surface area contributed by atoms with Crippen molar-refractivity contribution < 1.29 is 30.7 Å². The first-order valence-electron chi connectivity index (χ1n) is 3.28. The van der Waals surface area contributed by atoms with E-state index in [0.717, 1.165) is 0 Å². The van der Waals surface area contributed by atoms with Gasteiger partial charge in [0.25, 0.3) is 0 Å². The van der Waals surface area contributed by atoms with Crippen LogP contribution >= 0.6 is 0 Å². The second-order valence-corrected chi connectivity index (χ2v) is 3.23. The number of hydrogen-bond acceptors (Lipinski definition) is 0. The first kappa shape index (κ1) is 10.6. The third-order valence-corrected chi connectivity index (χ3v) is 2.06. The summed E-state index contributed by atoms with van der Waals surface area (Å²) in [5, 5.41) is 0. The van der Waals surface area contributed by atoms with Crippen LogP contribution in [0.15, 0.2) is 0 Å². The van der Waals surface area contributed by atoms with Crippen molar-refractivity contribution in [1.29, 1.82) is 0 Å². The molecule has 1 aliphatic rings. The fraction of sp³-hybridized carbons (Fsp3) is 1.00. The Hall–Kier alpha value is -0.490. The predicted molar refractivity (Wildman–Crippen MR) is 29.0 cm³/mol. The zero-order chi connectivity index (χ0) is 10.7. The van der Waals surface area contributed by atoms with Crippen molar-refractivity contribution in [3.8, 4) is 0 Å². The van der Waals surface area contributed by atoms with E-state index in [-0.39, 0.29) is 6.92 Å². The number of rotatable bonds is 0. The Morgan fingerprint density at radius 2 is 1.15 bits per heavy atom. The van der Waals surface area contributed by atoms with Crippen molar-refractivity contribution >= 4 is 0 Å². The molecule has 0 nitrogen and oxygen atoms in total. The van der Waals surface area contributed by atoms with E-state index in [2.05, 4.69) is 0 Å². The van der Waals surface area contributed by atoms with Gasteiger partial charge in [0, 0.05) is 0 Å². The molecule has 0 spiro atoms. The standard InChI is InChI=1S/C6H5F7/c1-3(7)2-4(8,9)6(12,13)5(3,10)11/h2H2,1H3. The highest BCUT2D eigenvalue weighted by Gasteiger charge is 2.85. The van der Waals surface area contributed by atoms with Gasteiger partial charge >= 0.3 is 17.8 Å². The molecule has 0 aromatic rings. The van der Waals surface area contributed by atoms with Crippen LogP contribution in [0.2, 0.25) is 0 Å². The van der Waals surface area contributed by atoms with Gasteiger partial charge in [0.2, 0.25) is 0 Å². The van der Waals surface area contributed by atoms with Gasteiger partial charge < -0.3 is 0 Å². The van der Waals surface area contributed by atoms with Crippen molar-refractivity contribution in [3.63, 3.8) is 0 Å². The normalized spacial score (nSPS) is 40.6. The molecule has 7 heteroatoms. The number of hydrogen-bond donors (Lipinski definition) is 0. The van der Waals surface area contributed by atoms with Gasteiger partial charge in [-0.3, -0.25) is 0 Å². The molecule has 0 aromatic carbocycles. The Kier molecular flexibility index (Phi) is 1.72. The molecule has 0 saturated heterocycles. The lowest BCUT2D eigenvalue weighted by molar-refractivity contribution is -0.285. The molecule has 1 rings (SSSR count). The van der Waals surface area contributed by atoms with Crippen LogP contribution in [0.3, 0.4) is 0 Å². The molecule has 0 N–H and O–H groups in total. The molecule has 13 heavy (non-hydrogen) atoms. The summed E-state index contributed by atoms with van der Waals surface area (Å²) in [5.74, 6) is -16.0. The third kappa shape index (κ3) is 0.985. The molecule has 1 saturated carbocycles. The summed E-state index contributed by atoms with van der Waals surface area (Å²) in [4.78, 5) is 0. The zero-order valence-corrected chi connectivity index (χ0v) is 6.35. The SMILES string of the molecule is CC1(F)CC(F)(F)C(F)(F)C1(F)F. The molecule has 0 radical (unpaired) electrons. The summed E-state index contributed by atoms with van der Waals surface area (Å²) in [6, 6.07) is 0. The van der Waals surface area contributed by atoms with Gasteiger partial charge in [-0.15, -0.1) is 0 Å². The maximum atomic E-state index is 12.7. The quantitative estimate of drug-likeness (QED) is 0.539. The second kappa shape index (κ2) is 2.12. The highest BCUT2D eigenvalue weighted by atomic mass is 19.3. The van der Waals surface area contributed by atoms with Crippen molar-refractivity contribution in [2.45, 2.75) is 36.8 Å². The van der Waals surface area contributed by atoms with E-state index in [9.17, 15) is 30.7 Å². The maximum absolute atomic E-state index is 12.7. The summed E-state index contributed by atoms with van der Waals surface area (Å²) in [7, 11) is 0. The van der Waals surface area contributed by atoms with E-state index in [4.69, 9.17) is 0 Å². The van der Waals surface area contributed by atoms with E-state index in [1.807, 2.05) is 0 Å². The molecule has 1 atom stereocenters. The third-order valence-electron chi connectivity index (χ3n) is 2.06. The van der Waals surface area contributed by atoms with Gasteiger partial charge in [-0.1, -0.05) is 0 Å². The molecule has 1 unspecified atom stereocenters. The van der Waals surface area contributed by atoms with E-state index in [1.165, 1.54) is 0 Å². The maximum Gasteiger partial charge on any atom is 0.375 e. The van der Waals surface area contributed by atoms with Gasteiger partial charge in [-0.25, -0.2) is 4.39 Å². The van der Waals surface area contributed by atoms with Gasteiger partial charge in [-0.2, -0.15) is 26.3 Å². The van der Waals surface area contributed by atoms with Crippen LogP contribution in [0.5, 0.6) is 0 Å². The molecule has 1 fully saturated rings. The lowest BCUT2D eigenvalue weighted by atomic mass is 10.0. The first-order valence-corrected chi connectivity index (χ1v) is 3.28. The van der Waals surface area contributed by atoms with Crippen molar-refractivity contribution in [1.82, 2.24) is 0 Å². The minimum Gasteiger partial charge on any atom is -0.237 e. The Morgan fingerprint density at radius 3 is 1.23 bits per heavy atom. The highest BCUT2D eigenvalue weighted by Crippen LogP contribution is 2.62. The Bertz CT molecular complexity index is 205. The number of halogens is 7. The monoisotopic (exact) mass is 210 g/mol. The highest BCUT2D eigenvalue weighted by molar-refractivity contribution is 5.15. The lowest BCUT2D eigenvalue weighted by Crippen LogP contribution is -2.51. The molecule has 0 bridgehead atoms. The van der Waals surface area contributed by atoms with Crippen LogP contribution in [0, 0.1) is 0 Å². The Labute approximate surface area is 68.7 Å². The summed E-state index contributed by atoms with van der Waals surface area (Å²) < 4.78 is 86.4. The van der Waals surface area contributed by atoms with Crippen LogP contribution in [0.25, 0.3) is 0 Å². The van der Waals surface area contributed by atoms with Crippen molar-refractivity contribution in [2.75, 3.05) is 0 Å². The summed E-state index contributed by atoms with van der Waals surface area (Å²) in [6.07, 6.45) is -2.17. The van der Waals surface area contributed by atoms with Gasteiger partial charge in [-0.05, 0) is 6.92 Å². The molecule has 0 aliphatic heterocycles. The van der Waals surface area contributed by atoms with Crippen LogP contribution < -0.4 is 0 Å². The van der Waals surface area contributed by atoms with Crippen molar-refractivity contribution in [2.24, 2.45) is 0 Å². The molecular formula is C6H5F7. The molecule has 0 aromatic heterocycles. The molecule has 78 valence electrons. The van der Waals surface area contributed by atoms with E-state index in [0.29, 0.717) is 0 Å². The number of alkyl halides is 7. The fourth-order valence-electron chi connectivity index (χ4n) is 1.20. The van der Waals surface area contributed by atoms with Crippen LogP contribution in [-0.2, 0) is 0 Å². The van der Waals surface area contributed by atoms with Gasteiger partial charge in [0.15, 0.2) is 5.67 Å². The minimum atomic E-state index is -5.62. The fourth-order valence-corrected chi connectivity index (χ4v) is 1.20. The molecular weight excluding hydrogens is 205 g/mol. The Morgan fingerprint density at radius 1 is 0.769 bits per heavy atom. The largest absolute Gasteiger partial charge is 0.375 e. The topological polar surface area (TPSA) is 0 Å². The van der Waals surface area contributed by atoms with E-state index < -0.39 is 29.9 Å². The van der Waals surface area contributed by atoms with Gasteiger partial charge in [0.05, 0.1) is 6.42 Å². The first-order chi connectivity index (χ1) is 5.46. The molecule has 1 aliphatic carbocycles. The summed E-state index contributed by atoms with van der Waals surface area (Å²) in [5.41, 5.74) is -3.88. The summed E-state index contributed by atoms with van der Waals surface area (Å²) >= 11 is 0. The zero-order valence-electron chi connectivity index (χ0n) is 6.35. The minimum absolute atomic E-state index is 0.0435. The van der Waals surface area contributed by atoms with Crippen molar-refractivity contribution in [3.05, 3.63) is 0 Å². The van der Waals surface area contributed by atoms with Crippen LogP contribution in [0.1, 0.15) is 13.3 Å². The van der Waals surface area contributed by atoms with E-state index in [1.54, 1.807) is 0 Å². The Balaban J connectivity index is 3.24. The lowest BCUT2D eigenvalue weighted by Gasteiger charge is -2.26. The van der Waals surface area contributed by atoms with E-state index >= 15 is 0 Å². The average Bonchev–Trinajstić information content (AvgIpc) is 1.88. The summed E-state index contributed by atoms with van der Waals surface area (Å²) in [6.45, 7) is 0.0435. The van der Waals surface area contributed by atoms with Crippen LogP contribution in [-0.4, -0.2) is 23.4 Å². The molecule has 0 amide bonds. The smallest absolute Gasteiger partial charge is 0.237 e.